The van der Waals surface area contributed by atoms with E-state index in [9.17, 15) is 54.0 Å². The van der Waals surface area contributed by atoms with Crippen LogP contribution >= 0.6 is 11.8 Å². The number of likely N-dealkylation sites (tertiary alicyclic amines) is 2. The lowest BCUT2D eigenvalue weighted by molar-refractivity contribution is -0.302. The maximum atomic E-state index is 15.2. The van der Waals surface area contributed by atoms with Gasteiger partial charge in [-0.15, -0.1) is 11.8 Å². The van der Waals surface area contributed by atoms with Crippen LogP contribution in [0.25, 0.3) is 0 Å². The van der Waals surface area contributed by atoms with Crippen molar-refractivity contribution in [1.82, 2.24) is 30.2 Å². The summed E-state index contributed by atoms with van der Waals surface area (Å²) in [6, 6.07) is -2.07. The van der Waals surface area contributed by atoms with Crippen LogP contribution in [-0.2, 0) is 62.0 Å². The van der Waals surface area contributed by atoms with E-state index in [1.54, 1.807) is 39.6 Å². The molecule has 96 heavy (non-hydrogen) atoms. The molecule has 0 radical (unpaired) electrons. The number of fused-ring (bicyclic) bond motifs is 4. The molecule has 6 N–H and O–H groups in total. The Hall–Kier alpha value is -4.47. The van der Waals surface area contributed by atoms with Crippen molar-refractivity contribution in [2.45, 2.75) is 256 Å². The van der Waals surface area contributed by atoms with Crippen LogP contribution in [0.2, 0.25) is 0 Å². The van der Waals surface area contributed by atoms with Crippen LogP contribution in [0.1, 0.15) is 166 Å². The molecular weight excluding hydrogens is 1250 g/mol. The molecule has 23 nitrogen and oxygen atoms in total. The number of aliphatic hydroxyl groups is 4. The number of carbonyl (C=O) groups is 8. The number of Topliss-reactive ketones (excluding diaryl/α,β-unsaturated/α-hetero) is 2. The molecule has 540 valence electrons. The van der Waals surface area contributed by atoms with Gasteiger partial charge in [-0.1, -0.05) is 59.3 Å². The first kappa shape index (κ1) is 77.3. The minimum Gasteiger partial charge on any atom is -0.456 e. The third-order valence-electron chi connectivity index (χ3n) is 23.0. The zero-order chi connectivity index (χ0) is 70.6. The van der Waals surface area contributed by atoms with E-state index >= 15 is 4.79 Å². The van der Waals surface area contributed by atoms with E-state index in [0.717, 1.165) is 16.8 Å². The smallest absolute Gasteiger partial charge is 0.329 e. The average molecular weight is 1370 g/mol. The van der Waals surface area contributed by atoms with Crippen LogP contribution in [-0.4, -0.2) is 238 Å². The molecule has 0 aromatic carbocycles. The molecule has 1 saturated carbocycles. The molecule has 2 unspecified atom stereocenters. The van der Waals surface area contributed by atoms with Gasteiger partial charge in [0.05, 0.1) is 66.9 Å². The lowest BCUT2D eigenvalue weighted by atomic mass is 9.75. The maximum absolute atomic E-state index is 15.2. The van der Waals surface area contributed by atoms with Crippen molar-refractivity contribution in [3.63, 3.8) is 0 Å². The molecule has 2 bridgehead atoms. The van der Waals surface area contributed by atoms with Crippen molar-refractivity contribution >= 4 is 59.2 Å². The van der Waals surface area contributed by atoms with Gasteiger partial charge in [0.1, 0.15) is 24.0 Å². The number of amides is 4. The molecule has 8 rings (SSSR count). The van der Waals surface area contributed by atoms with Crippen molar-refractivity contribution in [3.05, 3.63) is 33.9 Å². The molecule has 5 saturated heterocycles. The van der Waals surface area contributed by atoms with Crippen LogP contribution < -0.4 is 10.6 Å². The molecule has 7 heterocycles. The Kier molecular flexibility index (Phi) is 26.5. The second-order valence-corrected chi connectivity index (χ2v) is 32.0. The molecule has 4 amide bonds. The maximum Gasteiger partial charge on any atom is 0.329 e. The van der Waals surface area contributed by atoms with Crippen molar-refractivity contribution < 1.29 is 82.5 Å². The average Bonchev–Trinajstić information content (AvgIpc) is 1.38. The standard InChI is InChI=1S/C72H114N6O17S/c1-38-26-39(2)28-58(92-14)64-59(93-15)30-42(5)72(90,95-64)66(85)69(88)77-24-17-16-18-51(77)70(89)94-63(41(4)29-47-19-20-54(81)57(31-47)91-13)44(7)55(82)33-56(83)50(27-38)43(6)40(3)21-23-71(10,11)73-34-60(84)74-48-22-25-76(35-48)67(86)52-32-49(36-75(52)12)96-65-45(8)62-61(46(9)80)68(87)78(62)53(65)37-79/h27,29,37,39-40,42-52,54-55,57-59,61-64,73,80-82,90H,16-26,28,30-36H2,1-15H3,(H,74,84)/b38-27+,41-29+/t39-,40?,42+,43?,44+,45+,46+,47-,48-,49-,50-,51-,52-,54+,55-,57+,58-,59-,61+,62+,63+,64+,72+/m0/s1. The van der Waals surface area contributed by atoms with E-state index in [4.69, 9.17) is 23.7 Å². The molecule has 6 fully saturated rings. The number of hydrogen-bond acceptors (Lipinski definition) is 20. The molecule has 1 aliphatic carbocycles. The van der Waals surface area contributed by atoms with E-state index < -0.39 is 108 Å². The van der Waals surface area contributed by atoms with Gasteiger partial charge in [0.2, 0.25) is 23.5 Å². The highest BCUT2D eigenvalue weighted by molar-refractivity contribution is 8.03. The summed E-state index contributed by atoms with van der Waals surface area (Å²) >= 11 is 1.56. The minimum atomic E-state index is -2.58. The van der Waals surface area contributed by atoms with Crippen LogP contribution in [0, 0.1) is 53.3 Å². The summed E-state index contributed by atoms with van der Waals surface area (Å²) < 4.78 is 30.5. The number of cyclic esters (lactones) is 1. The Morgan fingerprint density at radius 2 is 1.57 bits per heavy atom. The van der Waals surface area contributed by atoms with E-state index in [-0.39, 0.29) is 109 Å². The summed E-state index contributed by atoms with van der Waals surface area (Å²) in [5.74, 6) is -9.71. The van der Waals surface area contributed by atoms with Gasteiger partial charge in [-0.3, -0.25) is 38.5 Å². The number of esters is 1. The Bertz CT molecular complexity index is 2910. The van der Waals surface area contributed by atoms with E-state index in [1.807, 2.05) is 70.5 Å². The normalized spacial score (nSPS) is 38.2. The van der Waals surface area contributed by atoms with Crippen LogP contribution in [0.3, 0.4) is 0 Å². The van der Waals surface area contributed by atoms with Gasteiger partial charge in [0.25, 0.3) is 11.7 Å². The van der Waals surface area contributed by atoms with Crippen LogP contribution in [0.4, 0.5) is 0 Å². The highest BCUT2D eigenvalue weighted by atomic mass is 32.2. The molecule has 24 heteroatoms. The molecule has 0 spiro atoms. The molecule has 23 atom stereocenters. The number of rotatable bonds is 19. The fraction of sp³-hybridized carbons (Fsp3) is 0.806. The first-order valence-electron chi connectivity index (χ1n) is 35.5. The Labute approximate surface area is 573 Å². The van der Waals surface area contributed by atoms with Gasteiger partial charge >= 0.3 is 5.97 Å². The quantitative estimate of drug-likeness (QED) is 0.0315. The first-order valence-corrected chi connectivity index (χ1v) is 36.3. The van der Waals surface area contributed by atoms with E-state index in [0.29, 0.717) is 102 Å². The number of aliphatic hydroxyl groups excluding tert-OH is 3. The Balaban J connectivity index is 0.938. The van der Waals surface area contributed by atoms with Gasteiger partial charge in [-0.25, -0.2) is 4.79 Å². The third kappa shape index (κ3) is 17.3. The molecule has 8 aliphatic rings. The van der Waals surface area contributed by atoms with Crippen LogP contribution in [0.5, 0.6) is 0 Å². The predicted molar refractivity (Wildman–Crippen MR) is 361 cm³/mol. The number of hydrogen-bond donors (Lipinski definition) is 6. The number of piperidine rings is 1. The number of nitrogens with one attached hydrogen (secondary N) is 2. The number of ether oxygens (including phenoxy) is 5. The van der Waals surface area contributed by atoms with Crippen molar-refractivity contribution in [2.24, 2.45) is 53.3 Å². The van der Waals surface area contributed by atoms with Crippen molar-refractivity contribution in [2.75, 3.05) is 61.1 Å². The minimum absolute atomic E-state index is 0.00474. The lowest BCUT2D eigenvalue weighted by Gasteiger charge is -2.47. The Morgan fingerprint density at radius 3 is 2.24 bits per heavy atom. The number of likely N-dealkylation sites (N-methyl/N-ethyl adjacent to an activating group) is 1. The molecule has 0 aromatic heterocycles. The summed E-state index contributed by atoms with van der Waals surface area (Å²) in [7, 11) is 6.53. The fourth-order valence-corrected chi connectivity index (χ4v) is 18.3. The lowest BCUT2D eigenvalue weighted by Crippen LogP contribution is -2.64. The largest absolute Gasteiger partial charge is 0.456 e. The number of carbonyl (C=O) groups excluding carboxylic acids is 8. The fourth-order valence-electron chi connectivity index (χ4n) is 16.8. The van der Waals surface area contributed by atoms with E-state index in [2.05, 4.69) is 24.5 Å². The highest BCUT2D eigenvalue weighted by Crippen LogP contribution is 2.52. The second-order valence-electron chi connectivity index (χ2n) is 30.7. The number of methoxy groups -OCH3 is 3. The summed E-state index contributed by atoms with van der Waals surface area (Å²) in [4.78, 5) is 119. The number of β-lactam (4-membered cyclic amide) rings is 1. The SMILES string of the molecule is CO[C@H]1C[C@@H](C)C/C(C)=C/[C@@H](C(C)C(C)CCC(C)(C)NCC(=O)N[C@H]2CCN(C(=O)[C@@H]3C[C@H](SC4=C(C=O)N5C(=O)[C@H]([C@@H](C)O)[C@H]5[C@H]4C)CN3C)C2)C(=O)C[C@H](O)[C@@H](C)[C@@H](/C(C)=C/[C@@H]2CC[C@@H](O)[C@H](OC)C2)OC(=O)[C@@H]2CCCCN2C(=O)C(=O)[C@]2(O)O[C@H]1[C@@H](OC)C[C@H]2C. The monoisotopic (exact) mass is 1370 g/mol. The topological polar surface area (TPSA) is 301 Å². The molecular formula is C72H114N6O17S. The first-order chi connectivity index (χ1) is 45.3. The summed E-state index contributed by atoms with van der Waals surface area (Å²) in [5.41, 5.74) is 1.40. The van der Waals surface area contributed by atoms with Gasteiger partial charge in [0, 0.05) is 99.3 Å². The van der Waals surface area contributed by atoms with Gasteiger partial charge in [-0.2, -0.15) is 0 Å². The summed E-state index contributed by atoms with van der Waals surface area (Å²) in [5, 5.41) is 52.3. The van der Waals surface area contributed by atoms with Gasteiger partial charge < -0.3 is 69.4 Å². The summed E-state index contributed by atoms with van der Waals surface area (Å²) in [6.45, 7) is 22.7. The molecule has 7 aliphatic heterocycles. The zero-order valence-electron chi connectivity index (χ0n) is 59.7. The Morgan fingerprint density at radius 1 is 0.885 bits per heavy atom. The van der Waals surface area contributed by atoms with E-state index in [1.165, 1.54) is 24.0 Å². The van der Waals surface area contributed by atoms with Gasteiger partial charge in [0.15, 0.2) is 6.29 Å². The number of ketones is 2. The molecule has 0 aromatic rings. The van der Waals surface area contributed by atoms with Gasteiger partial charge in [-0.05, 0) is 154 Å². The number of allylic oxidation sites excluding steroid dienone is 4. The number of nitrogens with zero attached hydrogens (tertiary/aromatic N) is 4. The van der Waals surface area contributed by atoms with Crippen molar-refractivity contribution in [1.29, 1.82) is 0 Å². The third-order valence-corrected chi connectivity index (χ3v) is 24.5. The summed E-state index contributed by atoms with van der Waals surface area (Å²) in [6.07, 6.45) is 4.35. The number of thioether (sulfide) groups is 1. The predicted octanol–water partition coefficient (Wildman–Crippen LogP) is 5.27. The second kappa shape index (κ2) is 32.9. The highest BCUT2D eigenvalue weighted by Gasteiger charge is 2.60. The number of aldehydes is 1. The van der Waals surface area contributed by atoms with Crippen LogP contribution in [0.15, 0.2) is 33.9 Å². The zero-order valence-corrected chi connectivity index (χ0v) is 60.5. The van der Waals surface area contributed by atoms with Crippen molar-refractivity contribution in [3.8, 4) is 0 Å².